The Balaban J connectivity index is 2.43. The highest BCUT2D eigenvalue weighted by molar-refractivity contribution is 7.92. The molecule has 106 valence electrons. The van der Waals surface area contributed by atoms with Crippen molar-refractivity contribution in [2.75, 3.05) is 11.4 Å². The molecule has 0 aliphatic rings. The molecule has 0 aliphatic heterocycles. The third-order valence-electron chi connectivity index (χ3n) is 2.93. The third-order valence-corrected chi connectivity index (χ3v) is 5.06. The molecule has 0 fully saturated rings. The van der Waals surface area contributed by atoms with Crippen molar-refractivity contribution in [1.82, 2.24) is 4.98 Å². The lowest BCUT2D eigenvalue weighted by Crippen LogP contribution is -2.26. The highest BCUT2D eigenvalue weighted by Gasteiger charge is 2.22. The third kappa shape index (κ3) is 2.77. The van der Waals surface area contributed by atoms with Gasteiger partial charge in [-0.15, -0.1) is 0 Å². The fourth-order valence-electron chi connectivity index (χ4n) is 1.70. The van der Waals surface area contributed by atoms with Crippen molar-refractivity contribution >= 4 is 27.3 Å². The summed E-state index contributed by atoms with van der Waals surface area (Å²) >= 11 is 6.01. The SMILES string of the molecule is CN(c1ccncc1)S(=O)(=O)c1ccc(CN)c(Cl)c1. The van der Waals surface area contributed by atoms with E-state index in [4.69, 9.17) is 17.3 Å². The number of nitrogens with two attached hydrogens (primary N) is 1. The zero-order chi connectivity index (χ0) is 14.8. The molecule has 0 saturated heterocycles. The van der Waals surface area contributed by atoms with Crippen LogP contribution in [0.1, 0.15) is 5.56 Å². The van der Waals surface area contributed by atoms with E-state index in [0.29, 0.717) is 16.3 Å². The van der Waals surface area contributed by atoms with Crippen LogP contribution < -0.4 is 10.0 Å². The number of pyridine rings is 1. The van der Waals surface area contributed by atoms with Gasteiger partial charge in [0.1, 0.15) is 0 Å². The normalized spacial score (nSPS) is 11.3. The summed E-state index contributed by atoms with van der Waals surface area (Å²) in [7, 11) is -2.18. The second-order valence-corrected chi connectivity index (χ2v) is 6.51. The first-order valence-corrected chi connectivity index (χ1v) is 7.66. The summed E-state index contributed by atoms with van der Waals surface area (Å²) in [5.74, 6) is 0. The van der Waals surface area contributed by atoms with E-state index in [1.807, 2.05) is 0 Å². The van der Waals surface area contributed by atoms with Gasteiger partial charge in [0, 0.05) is 31.0 Å². The maximum atomic E-state index is 12.5. The van der Waals surface area contributed by atoms with E-state index < -0.39 is 10.0 Å². The number of aromatic nitrogens is 1. The molecule has 7 heteroatoms. The zero-order valence-corrected chi connectivity index (χ0v) is 12.4. The van der Waals surface area contributed by atoms with Gasteiger partial charge in [0.2, 0.25) is 0 Å². The molecule has 1 aromatic heterocycles. The lowest BCUT2D eigenvalue weighted by atomic mass is 10.2. The molecule has 1 heterocycles. The van der Waals surface area contributed by atoms with Gasteiger partial charge >= 0.3 is 0 Å². The minimum absolute atomic E-state index is 0.124. The molecule has 2 N–H and O–H groups in total. The van der Waals surface area contributed by atoms with Crippen LogP contribution in [0.5, 0.6) is 0 Å². The van der Waals surface area contributed by atoms with E-state index >= 15 is 0 Å². The van der Waals surface area contributed by atoms with E-state index in [2.05, 4.69) is 4.98 Å². The second kappa shape index (κ2) is 5.78. The smallest absolute Gasteiger partial charge is 0.264 e. The summed E-state index contributed by atoms with van der Waals surface area (Å²) < 4.78 is 26.2. The molecule has 0 spiro atoms. The maximum Gasteiger partial charge on any atom is 0.264 e. The van der Waals surface area contributed by atoms with Crippen molar-refractivity contribution < 1.29 is 8.42 Å². The predicted octanol–water partition coefficient (Wildman–Crippen LogP) is 2.02. The quantitative estimate of drug-likeness (QED) is 0.937. The Labute approximate surface area is 123 Å². The average Bonchev–Trinajstić information content (AvgIpc) is 2.47. The monoisotopic (exact) mass is 311 g/mol. The van der Waals surface area contributed by atoms with Gasteiger partial charge in [-0.1, -0.05) is 17.7 Å². The van der Waals surface area contributed by atoms with Crippen LogP contribution in [0.25, 0.3) is 0 Å². The number of hydrogen-bond acceptors (Lipinski definition) is 4. The molecule has 2 rings (SSSR count). The maximum absolute atomic E-state index is 12.5. The van der Waals surface area contributed by atoms with Crippen molar-refractivity contribution in [3.63, 3.8) is 0 Å². The van der Waals surface area contributed by atoms with Gasteiger partial charge in [0.25, 0.3) is 10.0 Å². The molecule has 20 heavy (non-hydrogen) atoms. The zero-order valence-electron chi connectivity index (χ0n) is 10.8. The molecule has 1 aromatic carbocycles. The van der Waals surface area contributed by atoms with Crippen LogP contribution in [-0.4, -0.2) is 20.4 Å². The van der Waals surface area contributed by atoms with Crippen LogP contribution in [0.3, 0.4) is 0 Å². The van der Waals surface area contributed by atoms with Crippen LogP contribution in [0.2, 0.25) is 5.02 Å². The molecular weight excluding hydrogens is 298 g/mol. The minimum atomic E-state index is -3.66. The lowest BCUT2D eigenvalue weighted by molar-refractivity contribution is 0.594. The van der Waals surface area contributed by atoms with Gasteiger partial charge in [-0.05, 0) is 29.8 Å². The Hall–Kier alpha value is -1.63. The number of hydrogen-bond donors (Lipinski definition) is 1. The fourth-order valence-corrected chi connectivity index (χ4v) is 3.25. The predicted molar refractivity (Wildman–Crippen MR) is 79.2 cm³/mol. The summed E-state index contributed by atoms with van der Waals surface area (Å²) in [6.07, 6.45) is 3.07. The van der Waals surface area contributed by atoms with Crippen LogP contribution >= 0.6 is 11.6 Å². The highest BCUT2D eigenvalue weighted by atomic mass is 35.5. The van der Waals surface area contributed by atoms with Crippen molar-refractivity contribution in [2.45, 2.75) is 11.4 Å². The summed E-state index contributed by atoms with van der Waals surface area (Å²) in [5, 5.41) is 0.344. The van der Waals surface area contributed by atoms with E-state index in [-0.39, 0.29) is 11.4 Å². The molecule has 0 saturated carbocycles. The molecule has 0 aliphatic carbocycles. The Bertz CT molecular complexity index is 705. The number of anilines is 1. The largest absolute Gasteiger partial charge is 0.326 e. The molecule has 2 aromatic rings. The number of sulfonamides is 1. The summed E-state index contributed by atoms with van der Waals surface area (Å²) in [6, 6.07) is 7.77. The number of halogens is 1. The van der Waals surface area contributed by atoms with E-state index in [9.17, 15) is 8.42 Å². The van der Waals surface area contributed by atoms with Gasteiger partial charge in [-0.3, -0.25) is 9.29 Å². The molecule has 0 amide bonds. The first-order chi connectivity index (χ1) is 9.46. The molecule has 0 radical (unpaired) electrons. The van der Waals surface area contributed by atoms with Crippen molar-refractivity contribution in [2.24, 2.45) is 5.73 Å². The summed E-state index contributed by atoms with van der Waals surface area (Å²) in [5.41, 5.74) is 6.74. The Kier molecular flexibility index (Phi) is 4.27. The second-order valence-electron chi connectivity index (χ2n) is 4.14. The van der Waals surface area contributed by atoms with Crippen LogP contribution in [0, 0.1) is 0 Å². The molecule has 0 bridgehead atoms. The van der Waals surface area contributed by atoms with Gasteiger partial charge in [-0.2, -0.15) is 0 Å². The highest BCUT2D eigenvalue weighted by Crippen LogP contribution is 2.25. The average molecular weight is 312 g/mol. The van der Waals surface area contributed by atoms with Crippen LogP contribution in [0.15, 0.2) is 47.6 Å². The first kappa shape index (κ1) is 14.8. The van der Waals surface area contributed by atoms with Crippen molar-refractivity contribution in [3.8, 4) is 0 Å². The number of nitrogens with zero attached hydrogens (tertiary/aromatic N) is 2. The van der Waals surface area contributed by atoms with Crippen molar-refractivity contribution in [1.29, 1.82) is 0 Å². The van der Waals surface area contributed by atoms with Crippen LogP contribution in [0.4, 0.5) is 5.69 Å². The van der Waals surface area contributed by atoms with Gasteiger partial charge in [0.05, 0.1) is 10.6 Å². The number of rotatable bonds is 4. The van der Waals surface area contributed by atoms with E-state index in [1.54, 1.807) is 18.2 Å². The van der Waals surface area contributed by atoms with Gasteiger partial charge < -0.3 is 5.73 Å². The minimum Gasteiger partial charge on any atom is -0.326 e. The van der Waals surface area contributed by atoms with E-state index in [0.717, 1.165) is 0 Å². The lowest BCUT2D eigenvalue weighted by Gasteiger charge is -2.19. The molecule has 0 unspecified atom stereocenters. The van der Waals surface area contributed by atoms with Crippen molar-refractivity contribution in [3.05, 3.63) is 53.3 Å². The standard InChI is InChI=1S/C13H14ClN3O2S/c1-17(11-4-6-16-7-5-11)20(18,19)12-3-2-10(9-15)13(14)8-12/h2-8H,9,15H2,1H3. The Morgan fingerprint density at radius 3 is 2.45 bits per heavy atom. The topological polar surface area (TPSA) is 76.3 Å². The van der Waals surface area contributed by atoms with E-state index in [1.165, 1.54) is 35.9 Å². The van der Waals surface area contributed by atoms with Gasteiger partial charge in [-0.25, -0.2) is 8.42 Å². The Morgan fingerprint density at radius 1 is 1.25 bits per heavy atom. The number of benzene rings is 1. The molecular formula is C13H14ClN3O2S. The molecule has 5 nitrogen and oxygen atoms in total. The van der Waals surface area contributed by atoms with Gasteiger partial charge in [0.15, 0.2) is 0 Å². The fraction of sp³-hybridized carbons (Fsp3) is 0.154. The summed E-state index contributed by atoms with van der Waals surface area (Å²) in [6.45, 7) is 0.263. The van der Waals surface area contributed by atoms with Crippen LogP contribution in [-0.2, 0) is 16.6 Å². The molecule has 0 atom stereocenters. The first-order valence-electron chi connectivity index (χ1n) is 5.84. The Morgan fingerprint density at radius 2 is 1.90 bits per heavy atom. The summed E-state index contributed by atoms with van der Waals surface area (Å²) in [4.78, 5) is 3.99.